The molecule has 0 saturated carbocycles. The van der Waals surface area contributed by atoms with Gasteiger partial charge in [0, 0.05) is 20.1 Å². The molecule has 0 atom stereocenters. The van der Waals surface area contributed by atoms with Gasteiger partial charge in [-0.2, -0.15) is 0 Å². The van der Waals surface area contributed by atoms with Gasteiger partial charge < -0.3 is 15.5 Å². The molecule has 13 heavy (non-hydrogen) atoms. The lowest BCUT2D eigenvalue weighted by atomic mass is 10.4. The molecular weight excluding hydrogens is 186 g/mol. The Kier molecular flexibility index (Phi) is 3.95. The Balaban J connectivity index is 2.20. The molecular formula is C8H15N3OS. The highest BCUT2D eigenvalue weighted by molar-refractivity contribution is 7.80. The second kappa shape index (κ2) is 5.01. The van der Waals surface area contributed by atoms with E-state index in [0.29, 0.717) is 11.7 Å². The van der Waals surface area contributed by atoms with Crippen molar-refractivity contribution in [2.45, 2.75) is 12.8 Å². The highest BCUT2D eigenvalue weighted by Gasteiger charge is 2.17. The summed E-state index contributed by atoms with van der Waals surface area (Å²) in [5.74, 6) is 0.134. The molecule has 1 rings (SSSR count). The number of likely N-dealkylation sites (tertiary alicyclic amines) is 1. The van der Waals surface area contributed by atoms with E-state index in [9.17, 15) is 4.79 Å². The van der Waals surface area contributed by atoms with Gasteiger partial charge in [0.25, 0.3) is 0 Å². The lowest BCUT2D eigenvalue weighted by molar-refractivity contribution is -0.128. The predicted molar refractivity (Wildman–Crippen MR) is 55.5 cm³/mol. The molecule has 1 saturated heterocycles. The number of carbonyl (C=O) groups excluding carboxylic acids is 1. The summed E-state index contributed by atoms with van der Waals surface area (Å²) in [5, 5.41) is 6.12. The number of nitrogens with zero attached hydrogens (tertiary/aromatic N) is 1. The first-order chi connectivity index (χ1) is 6.24. The maximum Gasteiger partial charge on any atom is 0.241 e. The van der Waals surface area contributed by atoms with Gasteiger partial charge >= 0.3 is 0 Å². The van der Waals surface area contributed by atoms with E-state index in [-0.39, 0.29) is 5.91 Å². The Hall–Kier alpha value is -0.840. The molecule has 1 aliphatic rings. The Morgan fingerprint density at radius 3 is 2.62 bits per heavy atom. The standard InChI is InChI=1S/C8H15N3OS/c1-9-8(13)10-6-7(12)11-4-2-3-5-11/h2-6H2,1H3,(H2,9,10,13). The van der Waals surface area contributed by atoms with Gasteiger partial charge in [-0.25, -0.2) is 0 Å². The minimum atomic E-state index is 0.134. The molecule has 0 aromatic carbocycles. The first-order valence-electron chi connectivity index (χ1n) is 4.47. The quantitative estimate of drug-likeness (QED) is 0.602. The third kappa shape index (κ3) is 3.18. The number of rotatable bonds is 2. The zero-order chi connectivity index (χ0) is 9.68. The zero-order valence-corrected chi connectivity index (χ0v) is 8.62. The van der Waals surface area contributed by atoms with Crippen LogP contribution in [0.15, 0.2) is 0 Å². The molecule has 0 aliphatic carbocycles. The van der Waals surface area contributed by atoms with Gasteiger partial charge in [-0.3, -0.25) is 4.79 Å². The van der Waals surface area contributed by atoms with Crippen molar-refractivity contribution in [2.24, 2.45) is 0 Å². The van der Waals surface area contributed by atoms with Crippen LogP contribution in [0.3, 0.4) is 0 Å². The predicted octanol–water partition coefficient (Wildman–Crippen LogP) is -0.297. The van der Waals surface area contributed by atoms with Crippen LogP contribution >= 0.6 is 12.2 Å². The molecule has 0 spiro atoms. The topological polar surface area (TPSA) is 44.4 Å². The van der Waals surface area contributed by atoms with Crippen molar-refractivity contribution in [3.8, 4) is 0 Å². The van der Waals surface area contributed by atoms with Crippen LogP contribution in [0.1, 0.15) is 12.8 Å². The molecule has 1 aliphatic heterocycles. The molecule has 2 N–H and O–H groups in total. The van der Waals surface area contributed by atoms with E-state index in [1.54, 1.807) is 7.05 Å². The van der Waals surface area contributed by atoms with Crippen molar-refractivity contribution >= 4 is 23.2 Å². The lowest BCUT2D eigenvalue weighted by Crippen LogP contribution is -2.41. The summed E-state index contributed by atoms with van der Waals surface area (Å²) in [6.07, 6.45) is 2.25. The van der Waals surface area contributed by atoms with Gasteiger partial charge in [0.05, 0.1) is 6.54 Å². The number of amides is 1. The van der Waals surface area contributed by atoms with Gasteiger partial charge in [-0.15, -0.1) is 0 Å². The lowest BCUT2D eigenvalue weighted by Gasteiger charge is -2.15. The van der Waals surface area contributed by atoms with Crippen LogP contribution in [0.25, 0.3) is 0 Å². The smallest absolute Gasteiger partial charge is 0.241 e. The monoisotopic (exact) mass is 201 g/mol. The zero-order valence-electron chi connectivity index (χ0n) is 7.80. The molecule has 1 heterocycles. The fourth-order valence-electron chi connectivity index (χ4n) is 1.32. The summed E-state index contributed by atoms with van der Waals surface area (Å²) in [4.78, 5) is 13.3. The molecule has 0 bridgehead atoms. The van der Waals surface area contributed by atoms with Crippen LogP contribution in [0.5, 0.6) is 0 Å². The molecule has 0 aromatic heterocycles. The Labute approximate surface area is 83.7 Å². The summed E-state index contributed by atoms with van der Waals surface area (Å²) in [5.41, 5.74) is 0. The van der Waals surface area contributed by atoms with E-state index < -0.39 is 0 Å². The van der Waals surface area contributed by atoms with Crippen LogP contribution in [0.2, 0.25) is 0 Å². The van der Waals surface area contributed by atoms with Crippen LogP contribution in [-0.2, 0) is 4.79 Å². The van der Waals surface area contributed by atoms with E-state index in [1.807, 2.05) is 4.90 Å². The molecule has 74 valence electrons. The maximum absolute atomic E-state index is 11.4. The van der Waals surface area contributed by atoms with Crippen molar-refractivity contribution in [1.82, 2.24) is 15.5 Å². The largest absolute Gasteiger partial charge is 0.366 e. The third-order valence-corrected chi connectivity index (χ3v) is 2.43. The van der Waals surface area contributed by atoms with E-state index in [2.05, 4.69) is 10.6 Å². The number of nitrogens with one attached hydrogen (secondary N) is 2. The number of carbonyl (C=O) groups is 1. The average Bonchev–Trinajstić information content (AvgIpc) is 2.66. The molecule has 1 fully saturated rings. The number of hydrogen-bond acceptors (Lipinski definition) is 2. The fourth-order valence-corrected chi connectivity index (χ4v) is 1.39. The summed E-state index contributed by atoms with van der Waals surface area (Å²) in [7, 11) is 1.73. The molecule has 0 aromatic rings. The van der Waals surface area contributed by atoms with Crippen molar-refractivity contribution in [1.29, 1.82) is 0 Å². The first kappa shape index (κ1) is 10.2. The van der Waals surface area contributed by atoms with Gasteiger partial charge in [0.15, 0.2) is 5.11 Å². The van der Waals surface area contributed by atoms with E-state index in [0.717, 1.165) is 25.9 Å². The summed E-state index contributed by atoms with van der Waals surface area (Å²) < 4.78 is 0. The number of hydrogen-bond donors (Lipinski definition) is 2. The summed E-state index contributed by atoms with van der Waals surface area (Å²) in [6.45, 7) is 2.10. The van der Waals surface area contributed by atoms with Gasteiger partial charge in [-0.1, -0.05) is 0 Å². The summed E-state index contributed by atoms with van der Waals surface area (Å²) >= 11 is 4.86. The molecule has 1 amide bonds. The second-order valence-corrected chi connectivity index (χ2v) is 3.43. The highest BCUT2D eigenvalue weighted by Crippen LogP contribution is 2.06. The third-order valence-electron chi connectivity index (χ3n) is 2.09. The van der Waals surface area contributed by atoms with Crippen molar-refractivity contribution in [3.05, 3.63) is 0 Å². The maximum atomic E-state index is 11.4. The Bertz CT molecular complexity index is 202. The van der Waals surface area contributed by atoms with Gasteiger partial charge in [-0.05, 0) is 25.1 Å². The minimum Gasteiger partial charge on any atom is -0.366 e. The molecule has 4 nitrogen and oxygen atoms in total. The van der Waals surface area contributed by atoms with Crippen LogP contribution < -0.4 is 10.6 Å². The van der Waals surface area contributed by atoms with Gasteiger partial charge in [0.1, 0.15) is 0 Å². The molecule has 0 unspecified atom stereocenters. The normalized spacial score (nSPS) is 15.6. The SMILES string of the molecule is CNC(=S)NCC(=O)N1CCCC1. The molecule has 0 radical (unpaired) electrons. The Morgan fingerprint density at radius 2 is 2.08 bits per heavy atom. The summed E-state index contributed by atoms with van der Waals surface area (Å²) in [6, 6.07) is 0. The van der Waals surface area contributed by atoms with E-state index in [1.165, 1.54) is 0 Å². The van der Waals surface area contributed by atoms with Crippen molar-refractivity contribution in [3.63, 3.8) is 0 Å². The molecule has 5 heteroatoms. The van der Waals surface area contributed by atoms with Crippen molar-refractivity contribution < 1.29 is 4.79 Å². The highest BCUT2D eigenvalue weighted by atomic mass is 32.1. The van der Waals surface area contributed by atoms with E-state index in [4.69, 9.17) is 12.2 Å². The van der Waals surface area contributed by atoms with Crippen LogP contribution in [0, 0.1) is 0 Å². The fraction of sp³-hybridized carbons (Fsp3) is 0.750. The average molecular weight is 201 g/mol. The van der Waals surface area contributed by atoms with E-state index >= 15 is 0 Å². The second-order valence-electron chi connectivity index (χ2n) is 3.02. The van der Waals surface area contributed by atoms with Crippen molar-refractivity contribution in [2.75, 3.05) is 26.7 Å². The number of thiocarbonyl (C=S) groups is 1. The Morgan fingerprint density at radius 1 is 1.46 bits per heavy atom. The van der Waals surface area contributed by atoms with Gasteiger partial charge in [0.2, 0.25) is 5.91 Å². The first-order valence-corrected chi connectivity index (χ1v) is 4.88. The minimum absolute atomic E-state index is 0.134. The van der Waals surface area contributed by atoms with Crippen LogP contribution in [-0.4, -0.2) is 42.6 Å². The van der Waals surface area contributed by atoms with Crippen LogP contribution in [0.4, 0.5) is 0 Å².